The zero-order valence-electron chi connectivity index (χ0n) is 7.45. The Bertz CT molecular complexity index is 237. The van der Waals surface area contributed by atoms with Crippen LogP contribution in [0.2, 0.25) is 0 Å². The minimum absolute atomic E-state index is 0.0164. The third-order valence-corrected chi connectivity index (χ3v) is 3.10. The molecule has 1 saturated heterocycles. The highest BCUT2D eigenvalue weighted by molar-refractivity contribution is 6.30. The molecule has 0 aromatic carbocycles. The van der Waals surface area contributed by atoms with Crippen LogP contribution in [-0.4, -0.2) is 45.7 Å². The topological polar surface area (TPSA) is 57.6 Å². The normalized spacial score (nSPS) is 26.6. The highest BCUT2D eigenvalue weighted by atomic mass is 35.5. The number of carboxylic acid groups (broad SMARTS) is 1. The summed E-state index contributed by atoms with van der Waals surface area (Å²) in [5.41, 5.74) is 0. The maximum atomic E-state index is 11.4. The summed E-state index contributed by atoms with van der Waals surface area (Å²) in [5.74, 6) is -1.16. The number of amides is 1. The molecule has 0 spiro atoms. The fourth-order valence-corrected chi connectivity index (χ4v) is 1.79. The van der Waals surface area contributed by atoms with E-state index in [1.165, 1.54) is 4.90 Å². The number of carboxylic acids is 1. The average molecular weight is 240 g/mol. The lowest BCUT2D eigenvalue weighted by Gasteiger charge is -2.14. The van der Waals surface area contributed by atoms with Crippen molar-refractivity contribution >= 4 is 35.1 Å². The van der Waals surface area contributed by atoms with Gasteiger partial charge in [-0.1, -0.05) is 0 Å². The van der Waals surface area contributed by atoms with E-state index in [9.17, 15) is 9.59 Å². The minimum atomic E-state index is -0.970. The molecule has 4 nitrogen and oxygen atoms in total. The number of rotatable bonds is 3. The lowest BCUT2D eigenvalue weighted by atomic mass is 10.3. The fourth-order valence-electron chi connectivity index (χ4n) is 1.30. The van der Waals surface area contributed by atoms with Crippen molar-refractivity contribution in [2.45, 2.75) is 23.6 Å². The fraction of sp³-hybridized carbons (Fsp3) is 0.750. The van der Waals surface area contributed by atoms with Gasteiger partial charge in [0.05, 0.1) is 17.2 Å². The molecule has 1 amide bonds. The second-order valence-corrected chi connectivity index (χ2v) is 4.35. The minimum Gasteiger partial charge on any atom is -0.481 e. The summed E-state index contributed by atoms with van der Waals surface area (Å²) in [5, 5.41) is 7.92. The van der Waals surface area contributed by atoms with Gasteiger partial charge in [-0.05, 0) is 0 Å². The zero-order valence-corrected chi connectivity index (χ0v) is 8.96. The van der Waals surface area contributed by atoms with Crippen molar-refractivity contribution in [1.29, 1.82) is 0 Å². The molecule has 0 saturated carbocycles. The molecular formula is C8H11Cl2NO3. The predicted octanol–water partition coefficient (Wildman–Crippen LogP) is 0.908. The zero-order chi connectivity index (χ0) is 10.7. The van der Waals surface area contributed by atoms with Crippen LogP contribution in [0.3, 0.4) is 0 Å². The van der Waals surface area contributed by atoms with Crippen LogP contribution >= 0.6 is 23.2 Å². The Labute approximate surface area is 91.8 Å². The Morgan fingerprint density at radius 2 is 1.71 bits per heavy atom. The predicted molar refractivity (Wildman–Crippen MR) is 52.7 cm³/mol. The Morgan fingerprint density at radius 3 is 2.14 bits per heavy atom. The summed E-state index contributed by atoms with van der Waals surface area (Å²) in [4.78, 5) is 23.1. The molecule has 6 heteroatoms. The van der Waals surface area contributed by atoms with E-state index in [2.05, 4.69) is 0 Å². The molecule has 0 aliphatic carbocycles. The molecular weight excluding hydrogens is 229 g/mol. The average Bonchev–Trinajstić information content (AvgIpc) is 2.43. The summed E-state index contributed by atoms with van der Waals surface area (Å²) in [7, 11) is 0. The standard InChI is InChI=1S/C8H11Cl2NO3/c9-5-3-11(4-6(5)10)7(12)1-2-8(13)14/h5-6H,1-4H2,(H,13,14)/t5-,6-/m0/s1. The van der Waals surface area contributed by atoms with Gasteiger partial charge in [0.1, 0.15) is 0 Å². The smallest absolute Gasteiger partial charge is 0.303 e. The van der Waals surface area contributed by atoms with Gasteiger partial charge in [0.2, 0.25) is 5.91 Å². The van der Waals surface area contributed by atoms with Gasteiger partial charge in [-0.15, -0.1) is 23.2 Å². The van der Waals surface area contributed by atoms with E-state index in [0.29, 0.717) is 13.1 Å². The van der Waals surface area contributed by atoms with E-state index in [1.807, 2.05) is 0 Å². The van der Waals surface area contributed by atoms with Crippen LogP contribution < -0.4 is 0 Å². The SMILES string of the molecule is O=C(O)CCC(=O)N1C[C@H](Cl)[C@@H](Cl)C1. The summed E-state index contributed by atoms with van der Waals surface area (Å²) in [6, 6.07) is 0. The van der Waals surface area contributed by atoms with Crippen molar-refractivity contribution in [2.75, 3.05) is 13.1 Å². The van der Waals surface area contributed by atoms with Crippen molar-refractivity contribution in [3.63, 3.8) is 0 Å². The second-order valence-electron chi connectivity index (χ2n) is 3.22. The molecule has 1 N–H and O–H groups in total. The van der Waals surface area contributed by atoms with Crippen molar-refractivity contribution in [3.8, 4) is 0 Å². The molecule has 0 aromatic rings. The van der Waals surface area contributed by atoms with Crippen molar-refractivity contribution in [2.24, 2.45) is 0 Å². The molecule has 0 radical (unpaired) electrons. The number of aliphatic carboxylic acids is 1. The first-order valence-corrected chi connectivity index (χ1v) is 5.15. The van der Waals surface area contributed by atoms with Crippen LogP contribution in [0.4, 0.5) is 0 Å². The van der Waals surface area contributed by atoms with Crippen LogP contribution in [0.1, 0.15) is 12.8 Å². The summed E-state index contributed by atoms with van der Waals surface area (Å²) < 4.78 is 0. The largest absolute Gasteiger partial charge is 0.481 e. The van der Waals surface area contributed by atoms with Crippen molar-refractivity contribution in [1.82, 2.24) is 4.90 Å². The maximum Gasteiger partial charge on any atom is 0.303 e. The third kappa shape index (κ3) is 3.03. The van der Waals surface area contributed by atoms with Crippen LogP contribution in [0.5, 0.6) is 0 Å². The number of carbonyl (C=O) groups excluding carboxylic acids is 1. The van der Waals surface area contributed by atoms with Crippen molar-refractivity contribution in [3.05, 3.63) is 0 Å². The monoisotopic (exact) mass is 239 g/mol. The molecule has 1 heterocycles. The van der Waals surface area contributed by atoms with Crippen molar-refractivity contribution < 1.29 is 14.7 Å². The quantitative estimate of drug-likeness (QED) is 0.746. The third-order valence-electron chi connectivity index (χ3n) is 2.09. The van der Waals surface area contributed by atoms with Gasteiger partial charge in [-0.2, -0.15) is 0 Å². The molecule has 0 unspecified atom stereocenters. The Balaban J connectivity index is 2.36. The first-order valence-electron chi connectivity index (χ1n) is 4.28. The van der Waals surface area contributed by atoms with Gasteiger partial charge >= 0.3 is 5.97 Å². The molecule has 1 rings (SSSR count). The summed E-state index contributed by atoms with van der Waals surface area (Å²) in [6.45, 7) is 0.822. The first kappa shape index (κ1) is 11.6. The van der Waals surface area contributed by atoms with Crippen LogP contribution in [0.25, 0.3) is 0 Å². The molecule has 2 atom stereocenters. The van der Waals surface area contributed by atoms with E-state index in [1.54, 1.807) is 0 Å². The van der Waals surface area contributed by atoms with Crippen LogP contribution in [0.15, 0.2) is 0 Å². The lowest BCUT2D eigenvalue weighted by Crippen LogP contribution is -2.29. The van der Waals surface area contributed by atoms with Crippen LogP contribution in [0, 0.1) is 0 Å². The van der Waals surface area contributed by atoms with E-state index in [4.69, 9.17) is 28.3 Å². The molecule has 0 aromatic heterocycles. The maximum absolute atomic E-state index is 11.4. The number of nitrogens with zero attached hydrogens (tertiary/aromatic N) is 1. The molecule has 1 fully saturated rings. The van der Waals surface area contributed by atoms with Gasteiger partial charge in [0.25, 0.3) is 0 Å². The van der Waals surface area contributed by atoms with Gasteiger partial charge < -0.3 is 10.0 Å². The second kappa shape index (κ2) is 4.84. The number of halogens is 2. The van der Waals surface area contributed by atoms with Gasteiger partial charge in [0.15, 0.2) is 0 Å². The van der Waals surface area contributed by atoms with Crippen LogP contribution in [-0.2, 0) is 9.59 Å². The highest BCUT2D eigenvalue weighted by Crippen LogP contribution is 2.21. The lowest BCUT2D eigenvalue weighted by molar-refractivity contribution is -0.140. The highest BCUT2D eigenvalue weighted by Gasteiger charge is 2.32. The molecule has 80 valence electrons. The summed E-state index contributed by atoms with van der Waals surface area (Å²) in [6.07, 6.45) is -0.127. The Hall–Kier alpha value is -0.480. The number of carbonyl (C=O) groups is 2. The van der Waals surface area contributed by atoms with Gasteiger partial charge in [-0.3, -0.25) is 9.59 Å². The van der Waals surface area contributed by atoms with E-state index >= 15 is 0 Å². The van der Waals surface area contributed by atoms with E-state index in [0.717, 1.165) is 0 Å². The number of hydrogen-bond donors (Lipinski definition) is 1. The van der Waals surface area contributed by atoms with E-state index < -0.39 is 5.97 Å². The molecule has 1 aliphatic heterocycles. The first-order chi connectivity index (χ1) is 6.50. The van der Waals surface area contributed by atoms with Gasteiger partial charge in [-0.25, -0.2) is 0 Å². The Kier molecular flexibility index (Phi) is 4.01. The number of likely N-dealkylation sites (tertiary alicyclic amines) is 1. The summed E-state index contributed by atoms with van der Waals surface area (Å²) >= 11 is 11.6. The molecule has 0 bridgehead atoms. The molecule has 1 aliphatic rings. The number of alkyl halides is 2. The van der Waals surface area contributed by atoms with E-state index in [-0.39, 0.29) is 29.5 Å². The Morgan fingerprint density at radius 1 is 1.21 bits per heavy atom. The number of hydrogen-bond acceptors (Lipinski definition) is 2. The molecule has 14 heavy (non-hydrogen) atoms. The van der Waals surface area contributed by atoms with Gasteiger partial charge in [0, 0.05) is 19.5 Å².